The van der Waals surface area contributed by atoms with E-state index in [1.165, 1.54) is 12.5 Å². The van der Waals surface area contributed by atoms with Gasteiger partial charge >= 0.3 is 6.03 Å². The van der Waals surface area contributed by atoms with Crippen LogP contribution in [0.25, 0.3) is 6.08 Å². The highest BCUT2D eigenvalue weighted by atomic mass is 79.9. The van der Waals surface area contributed by atoms with Gasteiger partial charge in [-0.05, 0) is 62.1 Å². The van der Waals surface area contributed by atoms with Gasteiger partial charge in [0.1, 0.15) is 11.3 Å². The van der Waals surface area contributed by atoms with E-state index in [-0.39, 0.29) is 5.57 Å². The zero-order chi connectivity index (χ0) is 20.5. The first-order valence-corrected chi connectivity index (χ1v) is 10.3. The van der Waals surface area contributed by atoms with E-state index in [1.807, 2.05) is 6.07 Å². The van der Waals surface area contributed by atoms with E-state index >= 15 is 0 Å². The van der Waals surface area contributed by atoms with Crippen LogP contribution in [0.1, 0.15) is 30.6 Å². The smallest absolute Gasteiger partial charge is 0.335 e. The Hall–Kier alpha value is -2.87. The minimum atomic E-state index is -0.768. The molecule has 2 aromatic rings. The molecule has 1 N–H and O–H groups in total. The topological polar surface area (TPSA) is 82.9 Å². The number of carbonyl (C=O) groups is 3. The van der Waals surface area contributed by atoms with Gasteiger partial charge in [-0.2, -0.15) is 0 Å². The van der Waals surface area contributed by atoms with Crippen molar-refractivity contribution in [2.75, 3.05) is 22.9 Å². The molecule has 3 heterocycles. The van der Waals surface area contributed by atoms with Gasteiger partial charge in [-0.3, -0.25) is 14.9 Å². The molecule has 0 spiro atoms. The minimum Gasteiger partial charge on any atom is -0.441 e. The van der Waals surface area contributed by atoms with Gasteiger partial charge in [-0.15, -0.1) is 0 Å². The molecule has 2 fully saturated rings. The Bertz CT molecular complexity index is 1020. The quantitative estimate of drug-likeness (QED) is 0.555. The Labute approximate surface area is 176 Å². The second-order valence-electron chi connectivity index (χ2n) is 7.11. The van der Waals surface area contributed by atoms with E-state index in [4.69, 9.17) is 4.42 Å². The number of nitrogens with one attached hydrogen (secondary N) is 1. The molecule has 1 aromatic heterocycles. The minimum absolute atomic E-state index is 0.147. The lowest BCUT2D eigenvalue weighted by Crippen LogP contribution is -2.54. The van der Waals surface area contributed by atoms with Crippen LogP contribution < -0.4 is 15.1 Å². The Kier molecular flexibility index (Phi) is 5.27. The van der Waals surface area contributed by atoms with Gasteiger partial charge in [0.05, 0.1) is 5.69 Å². The van der Waals surface area contributed by atoms with Crippen molar-refractivity contribution in [1.29, 1.82) is 0 Å². The number of urea groups is 1. The molecular weight excluding hydrogens is 438 g/mol. The van der Waals surface area contributed by atoms with Crippen LogP contribution in [0.5, 0.6) is 0 Å². The predicted octanol–water partition coefficient (Wildman–Crippen LogP) is 4.01. The number of hydrogen-bond acceptors (Lipinski definition) is 5. The second-order valence-corrected chi connectivity index (χ2v) is 8.03. The molecule has 2 saturated heterocycles. The van der Waals surface area contributed by atoms with Crippen LogP contribution in [0.15, 0.2) is 44.8 Å². The van der Waals surface area contributed by atoms with Gasteiger partial charge in [-0.1, -0.05) is 15.9 Å². The maximum Gasteiger partial charge on any atom is 0.335 e. The molecule has 4 rings (SSSR count). The number of halogens is 1. The lowest BCUT2D eigenvalue weighted by Gasteiger charge is -2.27. The van der Waals surface area contributed by atoms with Crippen LogP contribution in [0.3, 0.4) is 0 Å². The van der Waals surface area contributed by atoms with Crippen molar-refractivity contribution < 1.29 is 18.8 Å². The van der Waals surface area contributed by atoms with Gasteiger partial charge < -0.3 is 9.32 Å². The number of amides is 4. The van der Waals surface area contributed by atoms with Crippen molar-refractivity contribution in [3.8, 4) is 0 Å². The highest BCUT2D eigenvalue weighted by molar-refractivity contribution is 9.10. The fourth-order valence-corrected chi connectivity index (χ4v) is 4.07. The summed E-state index contributed by atoms with van der Waals surface area (Å²) in [7, 11) is 0. The number of anilines is 2. The third kappa shape index (κ3) is 3.85. The molecule has 0 unspecified atom stereocenters. The monoisotopic (exact) mass is 457 g/mol. The summed E-state index contributed by atoms with van der Waals surface area (Å²) in [5.74, 6) is -0.301. The van der Waals surface area contributed by atoms with E-state index in [0.717, 1.165) is 46.8 Å². The summed E-state index contributed by atoms with van der Waals surface area (Å²) in [5.41, 5.74) is 0.996. The predicted molar refractivity (Wildman–Crippen MR) is 113 cm³/mol. The lowest BCUT2D eigenvalue weighted by atomic mass is 10.1. The zero-order valence-corrected chi connectivity index (χ0v) is 17.5. The van der Waals surface area contributed by atoms with Gasteiger partial charge in [-0.25, -0.2) is 9.69 Å². The molecule has 0 aliphatic carbocycles. The standard InChI is InChI=1S/C21H20BrN3O4/c1-13-11-14(22)5-7-17(13)25-20(27)16(19(26)23-21(25)28)12-15-6-8-18(29-15)24-9-3-2-4-10-24/h5-8,11-12H,2-4,9-10H2,1H3,(H,23,26,28)/b16-12+. The van der Waals surface area contributed by atoms with Crippen LogP contribution in [-0.4, -0.2) is 30.9 Å². The summed E-state index contributed by atoms with van der Waals surface area (Å²) in [6.45, 7) is 3.64. The molecule has 2 aliphatic rings. The van der Waals surface area contributed by atoms with Crippen molar-refractivity contribution in [3.63, 3.8) is 0 Å². The lowest BCUT2D eigenvalue weighted by molar-refractivity contribution is -0.122. The SMILES string of the molecule is Cc1cc(Br)ccc1N1C(=O)NC(=O)/C(=C\c2ccc(N3CCCCC3)o2)C1=O. The number of hydrogen-bond donors (Lipinski definition) is 1. The van der Waals surface area contributed by atoms with E-state index in [2.05, 4.69) is 26.1 Å². The highest BCUT2D eigenvalue weighted by Gasteiger charge is 2.37. The molecule has 29 heavy (non-hydrogen) atoms. The number of piperidine rings is 1. The van der Waals surface area contributed by atoms with E-state index in [1.54, 1.807) is 31.2 Å². The molecule has 0 atom stereocenters. The third-order valence-corrected chi connectivity index (χ3v) is 5.56. The van der Waals surface area contributed by atoms with Crippen molar-refractivity contribution in [2.24, 2.45) is 0 Å². The van der Waals surface area contributed by atoms with Crippen LogP contribution in [0.2, 0.25) is 0 Å². The first kappa shape index (κ1) is 19.4. The van der Waals surface area contributed by atoms with Gasteiger partial charge in [0, 0.05) is 23.6 Å². The number of nitrogens with zero attached hydrogens (tertiary/aromatic N) is 2. The first-order chi connectivity index (χ1) is 13.9. The maximum atomic E-state index is 13.0. The molecule has 1 aromatic carbocycles. The molecule has 0 radical (unpaired) electrons. The summed E-state index contributed by atoms with van der Waals surface area (Å²) < 4.78 is 6.67. The van der Waals surface area contributed by atoms with Crippen molar-refractivity contribution >= 4 is 51.4 Å². The molecule has 0 bridgehead atoms. The largest absolute Gasteiger partial charge is 0.441 e. The van der Waals surface area contributed by atoms with Crippen molar-refractivity contribution in [1.82, 2.24) is 5.32 Å². The molecule has 8 heteroatoms. The van der Waals surface area contributed by atoms with Crippen molar-refractivity contribution in [2.45, 2.75) is 26.2 Å². The molecule has 0 saturated carbocycles. The second kappa shape index (κ2) is 7.87. The normalized spacial score (nSPS) is 19.1. The fourth-order valence-electron chi connectivity index (χ4n) is 3.59. The highest BCUT2D eigenvalue weighted by Crippen LogP contribution is 2.29. The first-order valence-electron chi connectivity index (χ1n) is 9.46. The Morgan fingerprint density at radius 1 is 1.07 bits per heavy atom. The molecule has 7 nitrogen and oxygen atoms in total. The van der Waals surface area contributed by atoms with Crippen LogP contribution >= 0.6 is 15.9 Å². The number of barbiturate groups is 1. The van der Waals surface area contributed by atoms with Gasteiger partial charge in [0.15, 0.2) is 5.88 Å². The van der Waals surface area contributed by atoms with E-state index in [0.29, 0.717) is 11.4 Å². The van der Waals surface area contributed by atoms with Crippen LogP contribution in [0.4, 0.5) is 16.4 Å². The summed E-state index contributed by atoms with van der Waals surface area (Å²) in [5, 5.41) is 2.24. The van der Waals surface area contributed by atoms with Gasteiger partial charge in [0.2, 0.25) is 0 Å². The number of aryl methyl sites for hydroxylation is 1. The number of carbonyl (C=O) groups excluding carboxylic acids is 3. The maximum absolute atomic E-state index is 13.0. The summed E-state index contributed by atoms with van der Waals surface area (Å²) in [6, 6.07) is 7.99. The van der Waals surface area contributed by atoms with Gasteiger partial charge in [0.25, 0.3) is 11.8 Å². The third-order valence-electron chi connectivity index (χ3n) is 5.07. The molecule has 150 valence electrons. The molecule has 4 amide bonds. The van der Waals surface area contributed by atoms with Crippen LogP contribution in [0, 0.1) is 6.92 Å². The zero-order valence-electron chi connectivity index (χ0n) is 15.9. The van der Waals surface area contributed by atoms with Crippen molar-refractivity contribution in [3.05, 3.63) is 51.7 Å². The number of furan rings is 1. The van der Waals surface area contributed by atoms with E-state index in [9.17, 15) is 14.4 Å². The Morgan fingerprint density at radius 3 is 2.55 bits per heavy atom. The summed E-state index contributed by atoms with van der Waals surface area (Å²) >= 11 is 3.37. The molecular formula is C21H20BrN3O4. The number of imide groups is 2. The average molecular weight is 458 g/mol. The number of rotatable bonds is 3. The molecule has 2 aliphatic heterocycles. The Balaban J connectivity index is 1.64. The fraction of sp³-hybridized carbons (Fsp3) is 0.286. The number of benzene rings is 1. The van der Waals surface area contributed by atoms with E-state index < -0.39 is 17.8 Å². The van der Waals surface area contributed by atoms with Crippen LogP contribution in [-0.2, 0) is 9.59 Å². The Morgan fingerprint density at radius 2 is 1.83 bits per heavy atom. The average Bonchev–Trinajstić information content (AvgIpc) is 3.16. The summed E-state index contributed by atoms with van der Waals surface area (Å²) in [4.78, 5) is 40.8. The summed E-state index contributed by atoms with van der Waals surface area (Å²) in [6.07, 6.45) is 4.82.